The monoisotopic (exact) mass is 348 g/mol. The Hall–Kier alpha value is -1.51. The molecule has 0 spiro atoms. The van der Waals surface area contributed by atoms with Crippen LogP contribution in [0.3, 0.4) is 0 Å². The summed E-state index contributed by atoms with van der Waals surface area (Å²) in [6.45, 7) is 6.97. The fourth-order valence-corrected chi connectivity index (χ4v) is 4.30. The summed E-state index contributed by atoms with van der Waals surface area (Å²) in [6.07, 6.45) is 2.08. The molecule has 0 aromatic carbocycles. The molecule has 8 heteroatoms. The Bertz CT molecular complexity index is 678. The van der Waals surface area contributed by atoms with Gasteiger partial charge in [-0.25, -0.2) is 4.98 Å². The van der Waals surface area contributed by atoms with Gasteiger partial charge in [0.05, 0.1) is 11.7 Å². The van der Waals surface area contributed by atoms with Gasteiger partial charge >= 0.3 is 0 Å². The van der Waals surface area contributed by atoms with Gasteiger partial charge in [-0.05, 0) is 26.8 Å². The van der Waals surface area contributed by atoms with Crippen molar-refractivity contribution in [2.24, 2.45) is 0 Å². The first-order valence-electron chi connectivity index (χ1n) is 8.62. The summed E-state index contributed by atoms with van der Waals surface area (Å²) in [5.74, 6) is 1.99. The van der Waals surface area contributed by atoms with Crippen LogP contribution in [-0.4, -0.2) is 59.8 Å². The molecule has 2 aromatic rings. The van der Waals surface area contributed by atoms with Gasteiger partial charge in [0.2, 0.25) is 5.89 Å². The topological polar surface area (TPSA) is 70.3 Å². The van der Waals surface area contributed by atoms with Crippen LogP contribution < -0.4 is 10.2 Å². The molecular weight excluding hydrogens is 324 g/mol. The van der Waals surface area contributed by atoms with E-state index in [9.17, 15) is 0 Å². The predicted octanol–water partition coefficient (Wildman–Crippen LogP) is 1.79. The number of rotatable bonds is 3. The summed E-state index contributed by atoms with van der Waals surface area (Å²) in [5, 5.41) is 10.9. The number of piperazine rings is 1. The number of thiazole rings is 1. The summed E-state index contributed by atoms with van der Waals surface area (Å²) in [6, 6.07) is 0.217. The molecule has 2 aliphatic rings. The number of hydrogen-bond donors (Lipinski definition) is 1. The first-order chi connectivity index (χ1) is 11.7. The molecule has 7 nitrogen and oxygen atoms in total. The fourth-order valence-electron chi connectivity index (χ4n) is 3.45. The molecule has 2 aliphatic heterocycles. The van der Waals surface area contributed by atoms with E-state index in [0.717, 1.165) is 68.1 Å². The van der Waals surface area contributed by atoms with Crippen LogP contribution in [0.15, 0.2) is 9.90 Å². The molecule has 0 bridgehead atoms. The maximum absolute atomic E-state index is 5.60. The zero-order valence-electron chi connectivity index (χ0n) is 14.2. The Morgan fingerprint density at radius 2 is 2.08 bits per heavy atom. The van der Waals surface area contributed by atoms with E-state index in [1.54, 1.807) is 11.3 Å². The minimum Gasteiger partial charge on any atom is -0.348 e. The Morgan fingerprint density at radius 3 is 2.79 bits per heavy atom. The third-order valence-electron chi connectivity index (χ3n) is 4.99. The highest BCUT2D eigenvalue weighted by Gasteiger charge is 2.29. The lowest BCUT2D eigenvalue weighted by molar-refractivity contribution is 0.190. The summed E-state index contributed by atoms with van der Waals surface area (Å²) in [4.78, 5) is 14.0. The van der Waals surface area contributed by atoms with Crippen LogP contribution in [0, 0.1) is 6.92 Å². The standard InChI is InChI=1S/C16H24N6OS/c1-11-10-24-16(18-11)22-6-3-12(4-7-22)15-19-14(20-23-15)13-9-17-5-8-21(13)2/h10,12-13,17H,3-9H2,1-2H3. The van der Waals surface area contributed by atoms with Crippen LogP contribution in [0.25, 0.3) is 0 Å². The van der Waals surface area contributed by atoms with Crippen molar-refractivity contribution in [3.05, 3.63) is 22.8 Å². The van der Waals surface area contributed by atoms with Crippen LogP contribution in [-0.2, 0) is 0 Å². The van der Waals surface area contributed by atoms with E-state index in [-0.39, 0.29) is 6.04 Å². The van der Waals surface area contributed by atoms with Gasteiger partial charge in [-0.2, -0.15) is 4.98 Å². The van der Waals surface area contributed by atoms with Crippen molar-refractivity contribution in [2.75, 3.05) is 44.7 Å². The number of anilines is 1. The summed E-state index contributed by atoms with van der Waals surface area (Å²) in [5.41, 5.74) is 1.10. The predicted molar refractivity (Wildman–Crippen MR) is 93.6 cm³/mol. The molecule has 0 amide bonds. The second-order valence-electron chi connectivity index (χ2n) is 6.72. The molecular formula is C16H24N6OS. The van der Waals surface area contributed by atoms with Gasteiger partial charge in [-0.15, -0.1) is 11.3 Å². The maximum Gasteiger partial charge on any atom is 0.229 e. The molecule has 1 atom stereocenters. The van der Waals surface area contributed by atoms with Crippen LogP contribution in [0.2, 0.25) is 0 Å². The molecule has 2 fully saturated rings. The number of likely N-dealkylation sites (N-methyl/N-ethyl adjacent to an activating group) is 1. The molecule has 0 aliphatic carbocycles. The average Bonchev–Trinajstić information content (AvgIpc) is 3.25. The first kappa shape index (κ1) is 16.0. The highest BCUT2D eigenvalue weighted by molar-refractivity contribution is 7.13. The zero-order chi connectivity index (χ0) is 16.5. The Balaban J connectivity index is 1.39. The summed E-state index contributed by atoms with van der Waals surface area (Å²) in [7, 11) is 2.12. The van der Waals surface area contributed by atoms with E-state index in [1.807, 2.05) is 6.92 Å². The number of nitrogens with one attached hydrogen (secondary N) is 1. The Morgan fingerprint density at radius 1 is 1.25 bits per heavy atom. The third kappa shape index (κ3) is 3.18. The second-order valence-corrected chi connectivity index (χ2v) is 7.56. The molecule has 2 aromatic heterocycles. The SMILES string of the molecule is Cc1csc(N2CCC(c3nc(C4CNCCN4C)no3)CC2)n1. The van der Waals surface area contributed by atoms with Gasteiger partial charge < -0.3 is 14.7 Å². The summed E-state index contributed by atoms with van der Waals surface area (Å²) < 4.78 is 5.60. The lowest BCUT2D eigenvalue weighted by Crippen LogP contribution is -2.44. The number of piperidine rings is 1. The lowest BCUT2D eigenvalue weighted by Gasteiger charge is -2.31. The highest BCUT2D eigenvalue weighted by Crippen LogP contribution is 2.31. The van der Waals surface area contributed by atoms with E-state index in [2.05, 4.69) is 37.7 Å². The van der Waals surface area contributed by atoms with Crippen molar-refractivity contribution in [3.8, 4) is 0 Å². The van der Waals surface area contributed by atoms with Gasteiger partial charge in [-0.1, -0.05) is 5.16 Å². The van der Waals surface area contributed by atoms with E-state index < -0.39 is 0 Å². The third-order valence-corrected chi connectivity index (χ3v) is 6.01. The lowest BCUT2D eigenvalue weighted by atomic mass is 9.97. The molecule has 0 saturated carbocycles. The quantitative estimate of drug-likeness (QED) is 0.907. The Labute approximate surface area is 146 Å². The van der Waals surface area contributed by atoms with E-state index >= 15 is 0 Å². The fraction of sp³-hybridized carbons (Fsp3) is 0.688. The van der Waals surface area contributed by atoms with Crippen molar-refractivity contribution >= 4 is 16.5 Å². The molecule has 1 unspecified atom stereocenters. The highest BCUT2D eigenvalue weighted by atomic mass is 32.1. The van der Waals surface area contributed by atoms with Gasteiger partial charge in [0.15, 0.2) is 11.0 Å². The van der Waals surface area contributed by atoms with Crippen molar-refractivity contribution < 1.29 is 4.52 Å². The maximum atomic E-state index is 5.60. The molecule has 1 N–H and O–H groups in total. The normalized spacial score (nSPS) is 23.8. The van der Waals surface area contributed by atoms with Gasteiger partial charge in [0.25, 0.3) is 0 Å². The van der Waals surface area contributed by atoms with Crippen LogP contribution in [0.4, 0.5) is 5.13 Å². The van der Waals surface area contributed by atoms with Crippen LogP contribution >= 0.6 is 11.3 Å². The van der Waals surface area contributed by atoms with E-state index in [4.69, 9.17) is 9.51 Å². The number of nitrogens with zero attached hydrogens (tertiary/aromatic N) is 5. The number of aryl methyl sites for hydroxylation is 1. The van der Waals surface area contributed by atoms with Crippen molar-refractivity contribution in [1.82, 2.24) is 25.3 Å². The molecule has 24 heavy (non-hydrogen) atoms. The van der Waals surface area contributed by atoms with Gasteiger partial charge in [0, 0.05) is 44.0 Å². The van der Waals surface area contributed by atoms with Crippen molar-refractivity contribution in [3.63, 3.8) is 0 Å². The molecule has 130 valence electrons. The summed E-state index contributed by atoms with van der Waals surface area (Å²) >= 11 is 1.73. The van der Waals surface area contributed by atoms with Gasteiger partial charge in [-0.3, -0.25) is 4.90 Å². The second kappa shape index (κ2) is 6.78. The number of hydrogen-bond acceptors (Lipinski definition) is 8. The average molecular weight is 348 g/mol. The molecule has 4 heterocycles. The van der Waals surface area contributed by atoms with Crippen LogP contribution in [0.1, 0.15) is 42.2 Å². The van der Waals surface area contributed by atoms with E-state index in [0.29, 0.717) is 5.92 Å². The van der Waals surface area contributed by atoms with Crippen molar-refractivity contribution in [1.29, 1.82) is 0 Å². The smallest absolute Gasteiger partial charge is 0.229 e. The number of aromatic nitrogens is 3. The molecule has 4 rings (SSSR count). The van der Waals surface area contributed by atoms with E-state index in [1.165, 1.54) is 0 Å². The minimum absolute atomic E-state index is 0.217. The van der Waals surface area contributed by atoms with Gasteiger partial charge in [0.1, 0.15) is 0 Å². The van der Waals surface area contributed by atoms with Crippen molar-refractivity contribution in [2.45, 2.75) is 31.7 Å². The zero-order valence-corrected chi connectivity index (χ0v) is 15.1. The Kier molecular flexibility index (Phi) is 4.51. The molecule has 0 radical (unpaired) electrons. The minimum atomic E-state index is 0.217. The largest absolute Gasteiger partial charge is 0.348 e. The van der Waals surface area contributed by atoms with Crippen LogP contribution in [0.5, 0.6) is 0 Å². The molecule has 2 saturated heterocycles. The first-order valence-corrected chi connectivity index (χ1v) is 9.50.